The number of nitriles is 1. The molecule has 2 N–H and O–H groups in total. The number of amides is 2. The molecule has 0 saturated carbocycles. The lowest BCUT2D eigenvalue weighted by Gasteiger charge is -2.14. The van der Waals surface area contributed by atoms with Gasteiger partial charge in [0.2, 0.25) is 0 Å². The molecule has 9 heteroatoms. The van der Waals surface area contributed by atoms with Crippen LogP contribution in [0.15, 0.2) is 36.5 Å². The molecule has 170 valence electrons. The topological polar surface area (TPSA) is 113 Å². The maximum absolute atomic E-state index is 13.4. The smallest absolute Gasteiger partial charge is 0.274 e. The average Bonchev–Trinajstić information content (AvgIpc) is 3.24. The highest BCUT2D eigenvalue weighted by molar-refractivity contribution is 6.32. The summed E-state index contributed by atoms with van der Waals surface area (Å²) in [7, 11) is 1.49. The molecule has 2 heterocycles. The van der Waals surface area contributed by atoms with Crippen LogP contribution in [0.3, 0.4) is 0 Å². The van der Waals surface area contributed by atoms with Gasteiger partial charge in [0.05, 0.1) is 33.6 Å². The molecule has 33 heavy (non-hydrogen) atoms. The van der Waals surface area contributed by atoms with E-state index in [0.717, 1.165) is 25.0 Å². The molecule has 3 rings (SSSR count). The van der Waals surface area contributed by atoms with Crippen molar-refractivity contribution in [3.8, 4) is 11.9 Å². The van der Waals surface area contributed by atoms with Crippen LogP contribution in [-0.4, -0.2) is 33.6 Å². The molecule has 0 unspecified atom stereocenters. The molecule has 0 radical (unpaired) electrons. The van der Waals surface area contributed by atoms with E-state index in [1.165, 1.54) is 17.8 Å². The molecule has 8 nitrogen and oxygen atoms in total. The first-order valence-electron chi connectivity index (χ1n) is 10.7. The van der Waals surface area contributed by atoms with E-state index >= 15 is 0 Å². The molecule has 0 atom stereocenters. The third kappa shape index (κ3) is 5.38. The van der Waals surface area contributed by atoms with Gasteiger partial charge in [-0.3, -0.25) is 9.59 Å². The summed E-state index contributed by atoms with van der Waals surface area (Å²) in [6.07, 6.45) is 5.36. The third-order valence-corrected chi connectivity index (χ3v) is 5.44. The molecular weight excluding hydrogens is 440 g/mol. The van der Waals surface area contributed by atoms with Crippen LogP contribution < -0.4 is 10.6 Å². The minimum Gasteiger partial charge on any atom is -0.355 e. The summed E-state index contributed by atoms with van der Waals surface area (Å²) >= 11 is 6.34. The van der Waals surface area contributed by atoms with Crippen LogP contribution in [0, 0.1) is 18.3 Å². The molecule has 0 spiro atoms. The summed E-state index contributed by atoms with van der Waals surface area (Å²) in [6.45, 7) is 3.85. The lowest BCUT2D eigenvalue weighted by atomic mass is 10.0. The Morgan fingerprint density at radius 2 is 2.00 bits per heavy atom. The maximum atomic E-state index is 13.4. The van der Waals surface area contributed by atoms with Crippen molar-refractivity contribution in [1.29, 1.82) is 5.26 Å². The van der Waals surface area contributed by atoms with Crippen LogP contribution in [-0.2, 0) is 6.42 Å². The molecular formula is C24H25ClN6O2. The number of benzene rings is 1. The van der Waals surface area contributed by atoms with E-state index in [1.54, 1.807) is 37.4 Å². The minimum absolute atomic E-state index is 0.201. The van der Waals surface area contributed by atoms with Gasteiger partial charge in [-0.2, -0.15) is 10.4 Å². The average molecular weight is 465 g/mol. The summed E-state index contributed by atoms with van der Waals surface area (Å²) < 4.78 is 1.43. The number of halogens is 1. The van der Waals surface area contributed by atoms with Gasteiger partial charge in [0, 0.05) is 13.2 Å². The van der Waals surface area contributed by atoms with Crippen molar-refractivity contribution in [1.82, 2.24) is 20.1 Å². The Morgan fingerprint density at radius 1 is 1.21 bits per heavy atom. The second-order valence-electron chi connectivity index (χ2n) is 7.56. The molecule has 1 aromatic carbocycles. The summed E-state index contributed by atoms with van der Waals surface area (Å²) in [5.41, 5.74) is 2.43. The second-order valence-corrected chi connectivity index (χ2v) is 7.97. The molecule has 2 amide bonds. The van der Waals surface area contributed by atoms with Crippen molar-refractivity contribution in [3.63, 3.8) is 0 Å². The summed E-state index contributed by atoms with van der Waals surface area (Å²) in [4.78, 5) is 30.1. The van der Waals surface area contributed by atoms with Crippen LogP contribution in [0.2, 0.25) is 5.02 Å². The quantitative estimate of drug-likeness (QED) is 0.478. The van der Waals surface area contributed by atoms with Crippen LogP contribution in [0.25, 0.3) is 5.82 Å². The number of nitrogens with zero attached hydrogens (tertiary/aromatic N) is 4. The van der Waals surface area contributed by atoms with Crippen molar-refractivity contribution in [3.05, 3.63) is 69.6 Å². The number of rotatable bonds is 8. The molecule has 3 aromatic rings. The van der Waals surface area contributed by atoms with E-state index in [9.17, 15) is 14.9 Å². The van der Waals surface area contributed by atoms with E-state index in [1.807, 2.05) is 6.07 Å². The minimum atomic E-state index is -0.469. The van der Waals surface area contributed by atoms with Crippen LogP contribution in [0.1, 0.15) is 63.9 Å². The van der Waals surface area contributed by atoms with Gasteiger partial charge in [-0.05, 0) is 55.7 Å². The zero-order chi connectivity index (χ0) is 24.0. The van der Waals surface area contributed by atoms with Crippen molar-refractivity contribution >= 4 is 29.1 Å². The number of unbranched alkanes of at least 4 members (excludes halogenated alkanes) is 2. The number of aryl methyl sites for hydroxylation is 2. The van der Waals surface area contributed by atoms with Crippen molar-refractivity contribution in [2.24, 2.45) is 0 Å². The normalized spacial score (nSPS) is 10.5. The summed E-state index contributed by atoms with van der Waals surface area (Å²) in [5.74, 6) is -0.537. The van der Waals surface area contributed by atoms with Crippen LogP contribution >= 0.6 is 11.6 Å². The SMILES string of the molecule is CCCCCc1cc(C(=O)Nc2c(C)cc(C#N)cc2C(=O)NC)n(-c2ncccc2Cl)n1. The van der Waals surface area contributed by atoms with Gasteiger partial charge in [0.1, 0.15) is 5.69 Å². The van der Waals surface area contributed by atoms with Gasteiger partial charge in [-0.15, -0.1) is 0 Å². The highest BCUT2D eigenvalue weighted by Crippen LogP contribution is 2.25. The molecule has 0 aliphatic heterocycles. The Morgan fingerprint density at radius 3 is 2.67 bits per heavy atom. The fourth-order valence-corrected chi connectivity index (χ4v) is 3.68. The summed E-state index contributed by atoms with van der Waals surface area (Å²) in [5, 5.41) is 19.6. The molecule has 0 aliphatic rings. The first-order valence-corrected chi connectivity index (χ1v) is 11.0. The maximum Gasteiger partial charge on any atom is 0.274 e. The highest BCUT2D eigenvalue weighted by Gasteiger charge is 2.22. The number of pyridine rings is 1. The fourth-order valence-electron chi connectivity index (χ4n) is 3.47. The van der Waals surface area contributed by atoms with E-state index in [4.69, 9.17) is 11.6 Å². The van der Waals surface area contributed by atoms with E-state index in [-0.39, 0.29) is 11.3 Å². The van der Waals surface area contributed by atoms with Gasteiger partial charge in [-0.1, -0.05) is 31.4 Å². The van der Waals surface area contributed by atoms with Gasteiger partial charge >= 0.3 is 0 Å². The first-order chi connectivity index (χ1) is 15.9. The lowest BCUT2D eigenvalue weighted by Crippen LogP contribution is -2.24. The van der Waals surface area contributed by atoms with Gasteiger partial charge in [0.15, 0.2) is 5.82 Å². The van der Waals surface area contributed by atoms with E-state index < -0.39 is 11.8 Å². The summed E-state index contributed by atoms with van der Waals surface area (Å²) in [6, 6.07) is 10.2. The number of nitrogens with one attached hydrogen (secondary N) is 2. The Labute approximate surface area is 197 Å². The number of carbonyl (C=O) groups is 2. The highest BCUT2D eigenvalue weighted by atomic mass is 35.5. The van der Waals surface area contributed by atoms with Crippen molar-refractivity contribution < 1.29 is 9.59 Å². The standard InChI is InChI=1S/C24H25ClN6O2/c1-4-5-6-8-17-13-20(31(30-17)22-19(25)9-7-10-28-22)24(33)29-21-15(2)11-16(14-26)12-18(21)23(32)27-3/h7,9-13H,4-6,8H2,1-3H3,(H,27,32)(H,29,33). The molecule has 0 saturated heterocycles. The molecule has 2 aromatic heterocycles. The zero-order valence-electron chi connectivity index (χ0n) is 18.8. The molecule has 0 aliphatic carbocycles. The molecule has 0 bridgehead atoms. The predicted molar refractivity (Wildman–Crippen MR) is 127 cm³/mol. The number of anilines is 1. The predicted octanol–water partition coefficient (Wildman–Crippen LogP) is 4.45. The molecule has 0 fully saturated rings. The number of hydrogen-bond donors (Lipinski definition) is 2. The Kier molecular flexibility index (Phi) is 7.80. The third-order valence-electron chi connectivity index (χ3n) is 5.14. The van der Waals surface area contributed by atoms with Crippen molar-refractivity contribution in [2.45, 2.75) is 39.5 Å². The Bertz CT molecular complexity index is 1230. The monoisotopic (exact) mass is 464 g/mol. The van der Waals surface area contributed by atoms with Crippen LogP contribution in [0.4, 0.5) is 5.69 Å². The van der Waals surface area contributed by atoms with Gasteiger partial charge in [-0.25, -0.2) is 9.67 Å². The van der Waals surface area contributed by atoms with E-state index in [2.05, 4.69) is 27.6 Å². The van der Waals surface area contributed by atoms with Crippen LogP contribution in [0.5, 0.6) is 0 Å². The van der Waals surface area contributed by atoms with Gasteiger partial charge < -0.3 is 10.6 Å². The number of hydrogen-bond acceptors (Lipinski definition) is 5. The zero-order valence-corrected chi connectivity index (χ0v) is 19.5. The fraction of sp³-hybridized carbons (Fsp3) is 0.292. The number of carbonyl (C=O) groups excluding carboxylic acids is 2. The van der Waals surface area contributed by atoms with E-state index in [0.29, 0.717) is 34.1 Å². The lowest BCUT2D eigenvalue weighted by molar-refractivity contribution is 0.0964. The Hall–Kier alpha value is -3.70. The second kappa shape index (κ2) is 10.7. The van der Waals surface area contributed by atoms with Crippen molar-refractivity contribution in [2.75, 3.05) is 12.4 Å². The van der Waals surface area contributed by atoms with Gasteiger partial charge in [0.25, 0.3) is 11.8 Å². The number of aromatic nitrogens is 3. The largest absolute Gasteiger partial charge is 0.355 e. The first kappa shape index (κ1) is 24.0. The Balaban J connectivity index is 2.05.